The second-order valence-corrected chi connectivity index (χ2v) is 7.11. The van der Waals surface area contributed by atoms with Crippen LogP contribution in [0.5, 0.6) is 0 Å². The van der Waals surface area contributed by atoms with E-state index in [0.717, 1.165) is 25.8 Å². The summed E-state index contributed by atoms with van der Waals surface area (Å²) in [6.07, 6.45) is 5.63. The summed E-state index contributed by atoms with van der Waals surface area (Å²) >= 11 is 0. The Labute approximate surface area is 163 Å². The third kappa shape index (κ3) is 6.54. The monoisotopic (exact) mass is 355 g/mol. The van der Waals surface area contributed by atoms with E-state index in [1.165, 1.54) is 22.3 Å². The summed E-state index contributed by atoms with van der Waals surface area (Å²) in [5.74, 6) is 0. The Balaban J connectivity index is 1.60. The van der Waals surface area contributed by atoms with Gasteiger partial charge in [-0.2, -0.15) is 0 Å². The highest BCUT2D eigenvalue weighted by molar-refractivity contribution is 5.22. The van der Waals surface area contributed by atoms with E-state index in [0.29, 0.717) is 6.04 Å². The number of hydrogen-bond donors (Lipinski definition) is 1. The SMILES string of the molecule is C/C(=C/CCc1ccccc1)CC(NCc1ccccc1)c1ccccc1. The number of nitrogens with one attached hydrogen (secondary N) is 1. The van der Waals surface area contributed by atoms with Crippen molar-refractivity contribution in [3.8, 4) is 0 Å². The molecule has 27 heavy (non-hydrogen) atoms. The first-order valence-corrected chi connectivity index (χ1v) is 9.83. The summed E-state index contributed by atoms with van der Waals surface area (Å²) in [7, 11) is 0. The molecule has 0 spiro atoms. The molecule has 1 unspecified atom stereocenters. The third-order valence-corrected chi connectivity index (χ3v) is 4.89. The molecule has 0 amide bonds. The minimum Gasteiger partial charge on any atom is -0.306 e. The molecule has 3 aromatic rings. The summed E-state index contributed by atoms with van der Waals surface area (Å²) in [6.45, 7) is 3.14. The Morgan fingerprint density at radius 2 is 1.33 bits per heavy atom. The van der Waals surface area contributed by atoms with Gasteiger partial charge >= 0.3 is 0 Å². The van der Waals surface area contributed by atoms with Crippen molar-refractivity contribution < 1.29 is 0 Å². The number of aryl methyl sites for hydroxylation is 1. The summed E-state index contributed by atoms with van der Waals surface area (Å²) in [5.41, 5.74) is 5.53. The van der Waals surface area contributed by atoms with Crippen LogP contribution >= 0.6 is 0 Å². The van der Waals surface area contributed by atoms with Gasteiger partial charge in [-0.05, 0) is 42.9 Å². The summed E-state index contributed by atoms with van der Waals surface area (Å²) in [4.78, 5) is 0. The van der Waals surface area contributed by atoms with Crippen LogP contribution in [-0.4, -0.2) is 0 Å². The third-order valence-electron chi connectivity index (χ3n) is 4.89. The van der Waals surface area contributed by atoms with Crippen LogP contribution in [0.2, 0.25) is 0 Å². The Morgan fingerprint density at radius 3 is 1.96 bits per heavy atom. The van der Waals surface area contributed by atoms with Crippen LogP contribution in [0.1, 0.15) is 42.5 Å². The van der Waals surface area contributed by atoms with Crippen molar-refractivity contribution in [2.75, 3.05) is 0 Å². The largest absolute Gasteiger partial charge is 0.306 e. The molecule has 1 heteroatoms. The van der Waals surface area contributed by atoms with E-state index in [-0.39, 0.29) is 0 Å². The van der Waals surface area contributed by atoms with E-state index in [2.05, 4.69) is 109 Å². The molecule has 3 aromatic carbocycles. The zero-order valence-corrected chi connectivity index (χ0v) is 16.1. The molecule has 1 N–H and O–H groups in total. The maximum atomic E-state index is 3.75. The molecule has 0 fully saturated rings. The molecule has 1 atom stereocenters. The molecule has 0 radical (unpaired) electrons. The highest BCUT2D eigenvalue weighted by Crippen LogP contribution is 2.22. The molecule has 0 saturated heterocycles. The fourth-order valence-electron chi connectivity index (χ4n) is 3.37. The van der Waals surface area contributed by atoms with Crippen LogP contribution in [0.3, 0.4) is 0 Å². The van der Waals surface area contributed by atoms with Crippen LogP contribution in [-0.2, 0) is 13.0 Å². The first kappa shape index (κ1) is 19.1. The molecule has 138 valence electrons. The lowest BCUT2D eigenvalue weighted by atomic mass is 9.98. The standard InChI is InChI=1S/C26H29N/c1-22(12-11-17-23-13-5-2-6-14-23)20-26(25-18-9-4-10-19-25)27-21-24-15-7-3-8-16-24/h2-10,12-16,18-19,26-27H,11,17,20-21H2,1H3/b22-12-. The Morgan fingerprint density at radius 1 is 0.778 bits per heavy atom. The fraction of sp³-hybridized carbons (Fsp3) is 0.231. The molecule has 0 aliphatic heterocycles. The van der Waals surface area contributed by atoms with Crippen molar-refractivity contribution >= 4 is 0 Å². The van der Waals surface area contributed by atoms with Gasteiger partial charge in [0.25, 0.3) is 0 Å². The number of rotatable bonds is 9. The minimum absolute atomic E-state index is 0.333. The van der Waals surface area contributed by atoms with Crippen LogP contribution < -0.4 is 5.32 Å². The van der Waals surface area contributed by atoms with Gasteiger partial charge < -0.3 is 5.32 Å². The fourth-order valence-corrected chi connectivity index (χ4v) is 3.37. The van der Waals surface area contributed by atoms with E-state index in [4.69, 9.17) is 0 Å². The number of hydrogen-bond acceptors (Lipinski definition) is 1. The van der Waals surface area contributed by atoms with Crippen molar-refractivity contribution in [2.24, 2.45) is 0 Å². The zero-order chi connectivity index (χ0) is 18.7. The maximum absolute atomic E-state index is 3.75. The zero-order valence-electron chi connectivity index (χ0n) is 16.1. The van der Waals surface area contributed by atoms with E-state index in [1.807, 2.05) is 0 Å². The summed E-state index contributed by atoms with van der Waals surface area (Å²) in [5, 5.41) is 3.75. The van der Waals surface area contributed by atoms with Gasteiger partial charge in [-0.15, -0.1) is 0 Å². The molecule has 0 bridgehead atoms. The average molecular weight is 356 g/mol. The van der Waals surface area contributed by atoms with Crippen molar-refractivity contribution in [3.63, 3.8) is 0 Å². The molecule has 0 aliphatic carbocycles. The number of allylic oxidation sites excluding steroid dienone is 1. The summed E-state index contributed by atoms with van der Waals surface area (Å²) in [6, 6.07) is 32.5. The Bertz CT molecular complexity index is 807. The molecule has 0 saturated carbocycles. The molecule has 0 aromatic heterocycles. The highest BCUT2D eigenvalue weighted by atomic mass is 14.9. The van der Waals surface area contributed by atoms with Gasteiger partial charge in [0.05, 0.1) is 0 Å². The smallest absolute Gasteiger partial charge is 0.0360 e. The van der Waals surface area contributed by atoms with Gasteiger partial charge in [0.2, 0.25) is 0 Å². The lowest BCUT2D eigenvalue weighted by Gasteiger charge is -2.20. The van der Waals surface area contributed by atoms with E-state index >= 15 is 0 Å². The first-order valence-electron chi connectivity index (χ1n) is 9.83. The first-order chi connectivity index (χ1) is 13.3. The van der Waals surface area contributed by atoms with E-state index < -0.39 is 0 Å². The van der Waals surface area contributed by atoms with Gasteiger partial charge in [-0.25, -0.2) is 0 Å². The van der Waals surface area contributed by atoms with Gasteiger partial charge in [0.15, 0.2) is 0 Å². The van der Waals surface area contributed by atoms with Crippen molar-refractivity contribution in [1.29, 1.82) is 0 Å². The van der Waals surface area contributed by atoms with Gasteiger partial charge in [-0.3, -0.25) is 0 Å². The minimum atomic E-state index is 0.333. The van der Waals surface area contributed by atoms with Crippen molar-refractivity contribution in [1.82, 2.24) is 5.32 Å². The predicted molar refractivity (Wildman–Crippen MR) is 116 cm³/mol. The van der Waals surface area contributed by atoms with Gasteiger partial charge in [0, 0.05) is 12.6 Å². The normalized spacial score (nSPS) is 12.7. The maximum Gasteiger partial charge on any atom is 0.0360 e. The molecular weight excluding hydrogens is 326 g/mol. The predicted octanol–water partition coefficient (Wildman–Crippen LogP) is 6.49. The average Bonchev–Trinajstić information content (AvgIpc) is 2.73. The molecular formula is C26H29N. The van der Waals surface area contributed by atoms with E-state index in [9.17, 15) is 0 Å². The van der Waals surface area contributed by atoms with Crippen molar-refractivity contribution in [3.05, 3.63) is 119 Å². The molecule has 0 aliphatic rings. The van der Waals surface area contributed by atoms with Crippen LogP contribution in [0.25, 0.3) is 0 Å². The van der Waals surface area contributed by atoms with Gasteiger partial charge in [-0.1, -0.05) is 103 Å². The second kappa shape index (κ2) is 10.5. The molecule has 0 heterocycles. The van der Waals surface area contributed by atoms with Crippen LogP contribution in [0.4, 0.5) is 0 Å². The van der Waals surface area contributed by atoms with Gasteiger partial charge in [0.1, 0.15) is 0 Å². The molecule has 1 nitrogen and oxygen atoms in total. The molecule has 3 rings (SSSR count). The highest BCUT2D eigenvalue weighted by Gasteiger charge is 2.11. The lowest BCUT2D eigenvalue weighted by molar-refractivity contribution is 0.527. The van der Waals surface area contributed by atoms with Crippen molar-refractivity contribution in [2.45, 2.75) is 38.8 Å². The van der Waals surface area contributed by atoms with Crippen LogP contribution in [0.15, 0.2) is 103 Å². The number of benzene rings is 3. The lowest BCUT2D eigenvalue weighted by Crippen LogP contribution is -2.21. The van der Waals surface area contributed by atoms with Crippen LogP contribution in [0, 0.1) is 0 Å². The topological polar surface area (TPSA) is 12.0 Å². The Kier molecular flexibility index (Phi) is 7.44. The summed E-state index contributed by atoms with van der Waals surface area (Å²) < 4.78 is 0. The second-order valence-electron chi connectivity index (χ2n) is 7.11. The quantitative estimate of drug-likeness (QED) is 0.433. The van der Waals surface area contributed by atoms with E-state index in [1.54, 1.807) is 0 Å². The Hall–Kier alpha value is -2.64.